The smallest absolute Gasteiger partial charge is 0.291 e. The highest BCUT2D eigenvalue weighted by molar-refractivity contribution is 6.31. The Labute approximate surface area is 230 Å². The monoisotopic (exact) mass is 537 g/mol. The lowest BCUT2D eigenvalue weighted by Crippen LogP contribution is -2.29. The number of ether oxygens (including phenoxy) is 2. The largest absolute Gasteiger partial charge is 0.497 e. The fraction of sp³-hybridized carbons (Fsp3) is 0.125. The van der Waals surface area contributed by atoms with E-state index in [-0.39, 0.29) is 23.6 Å². The van der Waals surface area contributed by atoms with E-state index in [2.05, 4.69) is 0 Å². The van der Waals surface area contributed by atoms with Crippen molar-refractivity contribution in [1.29, 1.82) is 0 Å². The third kappa shape index (κ3) is 4.75. The summed E-state index contributed by atoms with van der Waals surface area (Å²) in [7, 11) is 1.60. The molecule has 5 aromatic rings. The lowest BCUT2D eigenvalue weighted by atomic mass is 9.98. The van der Waals surface area contributed by atoms with E-state index in [1.165, 1.54) is 0 Å². The van der Waals surface area contributed by atoms with Crippen molar-refractivity contribution in [3.8, 4) is 11.5 Å². The molecule has 7 heteroatoms. The number of fused-ring (bicyclic) bond motifs is 2. The molecule has 6 rings (SSSR count). The van der Waals surface area contributed by atoms with Crippen LogP contribution in [0.4, 0.5) is 0 Å². The molecule has 4 aromatic carbocycles. The maximum absolute atomic E-state index is 13.8. The molecule has 2 heterocycles. The molecule has 0 aliphatic carbocycles. The van der Waals surface area contributed by atoms with Crippen molar-refractivity contribution in [2.24, 2.45) is 0 Å². The third-order valence-electron chi connectivity index (χ3n) is 6.88. The van der Waals surface area contributed by atoms with E-state index in [4.69, 9.17) is 25.5 Å². The van der Waals surface area contributed by atoms with Gasteiger partial charge in [-0.3, -0.25) is 9.59 Å². The van der Waals surface area contributed by atoms with Crippen LogP contribution in [0.25, 0.3) is 11.0 Å². The number of methoxy groups -OCH3 is 1. The Bertz CT molecular complexity index is 1710. The van der Waals surface area contributed by atoms with Crippen LogP contribution in [0, 0.1) is 0 Å². The van der Waals surface area contributed by atoms with E-state index in [0.717, 1.165) is 22.4 Å². The number of carbonyl (C=O) groups is 1. The fourth-order valence-electron chi connectivity index (χ4n) is 4.92. The average molecular weight is 538 g/mol. The van der Waals surface area contributed by atoms with Crippen LogP contribution in [-0.4, -0.2) is 17.9 Å². The zero-order valence-electron chi connectivity index (χ0n) is 21.1. The maximum atomic E-state index is 13.8. The number of nitrogens with zero attached hydrogens (tertiary/aromatic N) is 1. The summed E-state index contributed by atoms with van der Waals surface area (Å²) in [6.07, 6.45) is 0. The number of rotatable bonds is 7. The minimum atomic E-state index is -0.641. The quantitative estimate of drug-likeness (QED) is 0.229. The van der Waals surface area contributed by atoms with Gasteiger partial charge < -0.3 is 18.8 Å². The molecule has 0 saturated carbocycles. The van der Waals surface area contributed by atoms with Crippen molar-refractivity contribution in [1.82, 2.24) is 4.90 Å². The Balaban J connectivity index is 1.39. The van der Waals surface area contributed by atoms with Gasteiger partial charge in [-0.25, -0.2) is 0 Å². The zero-order chi connectivity index (χ0) is 26.9. The van der Waals surface area contributed by atoms with Crippen LogP contribution in [0.3, 0.4) is 0 Å². The van der Waals surface area contributed by atoms with Crippen molar-refractivity contribution in [2.45, 2.75) is 19.2 Å². The third-order valence-corrected chi connectivity index (χ3v) is 7.12. The molecular formula is C32H24ClNO5. The number of amides is 1. The standard InChI is InChI=1S/C32H24ClNO5/c1-37-24-12-7-20(8-13-24)18-34-29(22-9-14-25(15-10-22)38-19-21-5-3-2-4-6-21)28-30(35)26-17-23(33)11-16-27(26)39-31(28)32(34)36/h2-17,29H,18-19H2,1H3. The van der Waals surface area contributed by atoms with Crippen molar-refractivity contribution >= 4 is 28.5 Å². The summed E-state index contributed by atoms with van der Waals surface area (Å²) < 4.78 is 17.2. The summed E-state index contributed by atoms with van der Waals surface area (Å²) >= 11 is 6.19. The molecule has 0 saturated heterocycles. The van der Waals surface area contributed by atoms with E-state index >= 15 is 0 Å². The predicted molar refractivity (Wildman–Crippen MR) is 149 cm³/mol. The van der Waals surface area contributed by atoms with Crippen LogP contribution < -0.4 is 14.9 Å². The van der Waals surface area contributed by atoms with Gasteiger partial charge in [0.25, 0.3) is 5.91 Å². The van der Waals surface area contributed by atoms with Crippen LogP contribution in [0.15, 0.2) is 106 Å². The molecular weight excluding hydrogens is 514 g/mol. The van der Waals surface area contributed by atoms with Crippen LogP contribution in [0.2, 0.25) is 5.02 Å². The molecule has 0 N–H and O–H groups in total. The van der Waals surface area contributed by atoms with Gasteiger partial charge in [0.05, 0.1) is 24.1 Å². The van der Waals surface area contributed by atoms with Gasteiger partial charge in [-0.1, -0.05) is 66.2 Å². The van der Waals surface area contributed by atoms with E-state index in [9.17, 15) is 9.59 Å². The first kappa shape index (κ1) is 24.8. The highest BCUT2D eigenvalue weighted by Crippen LogP contribution is 2.40. The molecule has 194 valence electrons. The van der Waals surface area contributed by atoms with Crippen molar-refractivity contribution in [3.63, 3.8) is 0 Å². The number of benzene rings is 4. The van der Waals surface area contributed by atoms with Gasteiger partial charge in [-0.2, -0.15) is 0 Å². The predicted octanol–water partition coefficient (Wildman–Crippen LogP) is 6.78. The van der Waals surface area contributed by atoms with E-state index < -0.39 is 6.04 Å². The Hall–Kier alpha value is -4.55. The second kappa shape index (κ2) is 10.3. The summed E-state index contributed by atoms with van der Waals surface area (Å²) in [5.41, 5.74) is 3.09. The van der Waals surface area contributed by atoms with Crippen LogP contribution >= 0.6 is 11.6 Å². The number of halogens is 1. The minimum absolute atomic E-state index is 0.0535. The summed E-state index contributed by atoms with van der Waals surface area (Å²) in [5, 5.41) is 0.763. The van der Waals surface area contributed by atoms with Gasteiger partial charge in [-0.15, -0.1) is 0 Å². The summed E-state index contributed by atoms with van der Waals surface area (Å²) in [6.45, 7) is 0.714. The summed E-state index contributed by atoms with van der Waals surface area (Å²) in [4.78, 5) is 29.2. The van der Waals surface area contributed by atoms with Crippen molar-refractivity contribution in [3.05, 3.63) is 140 Å². The van der Waals surface area contributed by atoms with Gasteiger partial charge in [0.2, 0.25) is 5.76 Å². The molecule has 1 aliphatic heterocycles. The first-order chi connectivity index (χ1) is 19.0. The van der Waals surface area contributed by atoms with E-state index in [1.54, 1.807) is 30.2 Å². The lowest BCUT2D eigenvalue weighted by Gasteiger charge is -2.25. The molecule has 1 amide bonds. The van der Waals surface area contributed by atoms with Gasteiger partial charge in [-0.05, 0) is 59.2 Å². The van der Waals surface area contributed by atoms with Gasteiger partial charge in [0.1, 0.15) is 23.7 Å². The molecule has 1 atom stereocenters. The van der Waals surface area contributed by atoms with Crippen LogP contribution in [-0.2, 0) is 13.2 Å². The first-order valence-electron chi connectivity index (χ1n) is 12.5. The second-order valence-electron chi connectivity index (χ2n) is 9.34. The normalized spacial score (nSPS) is 14.5. The number of hydrogen-bond donors (Lipinski definition) is 0. The van der Waals surface area contributed by atoms with E-state index in [1.807, 2.05) is 78.9 Å². The molecule has 6 nitrogen and oxygen atoms in total. The second-order valence-corrected chi connectivity index (χ2v) is 9.78. The highest BCUT2D eigenvalue weighted by Gasteiger charge is 2.42. The highest BCUT2D eigenvalue weighted by atomic mass is 35.5. The molecule has 1 aliphatic rings. The van der Waals surface area contributed by atoms with Gasteiger partial charge >= 0.3 is 0 Å². The van der Waals surface area contributed by atoms with Crippen molar-refractivity contribution < 1.29 is 18.7 Å². The Morgan fingerprint density at radius 1 is 0.846 bits per heavy atom. The molecule has 0 radical (unpaired) electrons. The number of carbonyl (C=O) groups excluding carboxylic acids is 1. The molecule has 0 bridgehead atoms. The fourth-order valence-corrected chi connectivity index (χ4v) is 5.09. The summed E-state index contributed by atoms with van der Waals surface area (Å²) in [6, 6.07) is 29.1. The first-order valence-corrected chi connectivity index (χ1v) is 12.9. The molecule has 1 unspecified atom stereocenters. The minimum Gasteiger partial charge on any atom is -0.497 e. The van der Waals surface area contributed by atoms with Gasteiger partial charge in [0, 0.05) is 11.6 Å². The number of hydrogen-bond acceptors (Lipinski definition) is 5. The Morgan fingerprint density at radius 3 is 2.28 bits per heavy atom. The van der Waals surface area contributed by atoms with E-state index in [0.29, 0.717) is 33.9 Å². The molecule has 1 aromatic heterocycles. The van der Waals surface area contributed by atoms with Crippen LogP contribution in [0.5, 0.6) is 11.5 Å². The summed E-state index contributed by atoms with van der Waals surface area (Å²) in [5.74, 6) is 1.12. The maximum Gasteiger partial charge on any atom is 0.291 e. The topological polar surface area (TPSA) is 69.0 Å². The van der Waals surface area contributed by atoms with Gasteiger partial charge in [0.15, 0.2) is 5.43 Å². The average Bonchev–Trinajstić information content (AvgIpc) is 3.24. The molecule has 0 spiro atoms. The van der Waals surface area contributed by atoms with Crippen LogP contribution in [0.1, 0.15) is 38.9 Å². The zero-order valence-corrected chi connectivity index (χ0v) is 21.9. The van der Waals surface area contributed by atoms with Crippen molar-refractivity contribution in [2.75, 3.05) is 7.11 Å². The lowest BCUT2D eigenvalue weighted by molar-refractivity contribution is 0.0714. The molecule has 39 heavy (non-hydrogen) atoms. The molecule has 0 fully saturated rings. The Kier molecular flexibility index (Phi) is 6.55. The Morgan fingerprint density at radius 2 is 1.56 bits per heavy atom. The SMILES string of the molecule is COc1ccc(CN2C(=O)c3oc4ccc(Cl)cc4c(=O)c3C2c2ccc(OCc3ccccc3)cc2)cc1.